The molecule has 2 aromatic rings. The van der Waals surface area contributed by atoms with Crippen LogP contribution >= 0.6 is 0 Å². The lowest BCUT2D eigenvalue weighted by Crippen LogP contribution is -2.27. The summed E-state index contributed by atoms with van der Waals surface area (Å²) in [7, 11) is 5.65. The molecule has 142 valence electrons. The van der Waals surface area contributed by atoms with Gasteiger partial charge in [0.05, 0.1) is 5.69 Å². The van der Waals surface area contributed by atoms with Crippen molar-refractivity contribution in [2.24, 2.45) is 0 Å². The van der Waals surface area contributed by atoms with Crippen LogP contribution in [-0.4, -0.2) is 66.9 Å². The van der Waals surface area contributed by atoms with E-state index in [1.807, 2.05) is 19.3 Å². The first-order chi connectivity index (χ1) is 12.6. The number of likely N-dealkylation sites (N-methyl/N-ethyl adjacent to an activating group) is 2. The molecule has 8 nitrogen and oxygen atoms in total. The highest BCUT2D eigenvalue weighted by atomic mass is 16.5. The molecule has 0 fully saturated rings. The second-order valence-corrected chi connectivity index (χ2v) is 6.18. The van der Waals surface area contributed by atoms with Gasteiger partial charge in [-0.25, -0.2) is 4.98 Å². The standard InChI is InChI=1S/C18H28N6O2/c1-19-8-9-24(2)13-15-12-21-23-18(15)14-6-7-16(20-11-14)22-17(25)5-4-10-26-3/h6-7,11-12,19H,4-5,8-10,13H2,1-3H3,(H,21,23)(H,20,22,25). The summed E-state index contributed by atoms with van der Waals surface area (Å²) in [5.41, 5.74) is 2.91. The number of aromatic amines is 1. The summed E-state index contributed by atoms with van der Waals surface area (Å²) in [6.45, 7) is 3.26. The molecule has 0 saturated carbocycles. The van der Waals surface area contributed by atoms with Crippen molar-refractivity contribution in [3.8, 4) is 11.3 Å². The minimum absolute atomic E-state index is 0.0612. The van der Waals surface area contributed by atoms with Gasteiger partial charge in [-0.3, -0.25) is 9.89 Å². The highest BCUT2D eigenvalue weighted by Gasteiger charge is 2.11. The molecule has 0 aliphatic carbocycles. The summed E-state index contributed by atoms with van der Waals surface area (Å²) >= 11 is 0. The number of methoxy groups -OCH3 is 1. The lowest BCUT2D eigenvalue weighted by Gasteiger charge is -2.16. The van der Waals surface area contributed by atoms with Gasteiger partial charge in [0.2, 0.25) is 5.91 Å². The lowest BCUT2D eigenvalue weighted by atomic mass is 10.1. The SMILES string of the molecule is CNCCN(C)Cc1c[nH]nc1-c1ccc(NC(=O)CCCOC)nc1. The second kappa shape index (κ2) is 10.6. The third-order valence-corrected chi connectivity index (χ3v) is 3.96. The average Bonchev–Trinajstić information content (AvgIpc) is 3.09. The van der Waals surface area contributed by atoms with Crippen LogP contribution in [0, 0.1) is 0 Å². The van der Waals surface area contributed by atoms with E-state index in [9.17, 15) is 4.79 Å². The van der Waals surface area contributed by atoms with E-state index in [-0.39, 0.29) is 5.91 Å². The number of carbonyl (C=O) groups is 1. The summed E-state index contributed by atoms with van der Waals surface area (Å²) < 4.78 is 4.95. The molecule has 26 heavy (non-hydrogen) atoms. The number of hydrogen-bond donors (Lipinski definition) is 3. The maximum atomic E-state index is 11.8. The van der Waals surface area contributed by atoms with Crippen LogP contribution in [0.4, 0.5) is 5.82 Å². The van der Waals surface area contributed by atoms with Gasteiger partial charge in [0.15, 0.2) is 0 Å². The summed E-state index contributed by atoms with van der Waals surface area (Å²) in [6, 6.07) is 3.72. The maximum Gasteiger partial charge on any atom is 0.225 e. The fourth-order valence-corrected chi connectivity index (χ4v) is 2.55. The predicted octanol–water partition coefficient (Wildman–Crippen LogP) is 1.49. The van der Waals surface area contributed by atoms with Crippen LogP contribution in [0.3, 0.4) is 0 Å². The summed E-state index contributed by atoms with van der Waals surface area (Å²) in [5.74, 6) is 0.480. The fraction of sp³-hybridized carbons (Fsp3) is 0.500. The van der Waals surface area contributed by atoms with Crippen molar-refractivity contribution in [1.29, 1.82) is 0 Å². The summed E-state index contributed by atoms with van der Waals surface area (Å²) in [4.78, 5) is 18.4. The third-order valence-electron chi connectivity index (χ3n) is 3.96. The number of pyridine rings is 1. The van der Waals surface area contributed by atoms with Crippen molar-refractivity contribution >= 4 is 11.7 Å². The number of nitrogens with one attached hydrogen (secondary N) is 3. The number of amides is 1. The quantitative estimate of drug-likeness (QED) is 0.526. The zero-order valence-corrected chi connectivity index (χ0v) is 15.7. The topological polar surface area (TPSA) is 95.2 Å². The van der Waals surface area contributed by atoms with E-state index in [0.717, 1.165) is 36.5 Å². The van der Waals surface area contributed by atoms with Gasteiger partial charge in [-0.05, 0) is 32.6 Å². The molecule has 2 aromatic heterocycles. The molecule has 0 unspecified atom stereocenters. The Kier molecular flexibility index (Phi) is 8.20. The van der Waals surface area contributed by atoms with E-state index in [4.69, 9.17) is 4.74 Å². The molecule has 0 aliphatic heterocycles. The lowest BCUT2D eigenvalue weighted by molar-refractivity contribution is -0.116. The van der Waals surface area contributed by atoms with Gasteiger partial charge in [0.1, 0.15) is 5.82 Å². The Bertz CT molecular complexity index is 671. The number of ether oxygens (including phenoxy) is 1. The Morgan fingerprint density at radius 1 is 1.38 bits per heavy atom. The van der Waals surface area contributed by atoms with Gasteiger partial charge in [0.25, 0.3) is 0 Å². The molecule has 3 N–H and O–H groups in total. The number of aromatic nitrogens is 3. The van der Waals surface area contributed by atoms with Crippen molar-refractivity contribution < 1.29 is 9.53 Å². The predicted molar refractivity (Wildman–Crippen MR) is 102 cm³/mol. The Morgan fingerprint density at radius 2 is 2.23 bits per heavy atom. The van der Waals surface area contributed by atoms with Gasteiger partial charge < -0.3 is 20.3 Å². The number of anilines is 1. The van der Waals surface area contributed by atoms with Crippen LogP contribution in [0.2, 0.25) is 0 Å². The Balaban J connectivity index is 1.96. The van der Waals surface area contributed by atoms with Crippen molar-refractivity contribution in [3.05, 3.63) is 30.1 Å². The Labute approximate surface area is 154 Å². The van der Waals surface area contributed by atoms with Crippen LogP contribution < -0.4 is 10.6 Å². The molecule has 0 bridgehead atoms. The minimum Gasteiger partial charge on any atom is -0.385 e. The maximum absolute atomic E-state index is 11.8. The molecule has 0 spiro atoms. The average molecular weight is 360 g/mol. The van der Waals surface area contributed by atoms with Gasteiger partial charge in [-0.1, -0.05) is 0 Å². The van der Waals surface area contributed by atoms with E-state index >= 15 is 0 Å². The van der Waals surface area contributed by atoms with E-state index < -0.39 is 0 Å². The molecule has 2 heterocycles. The number of nitrogens with zero attached hydrogens (tertiary/aromatic N) is 3. The van der Waals surface area contributed by atoms with E-state index in [0.29, 0.717) is 25.3 Å². The minimum atomic E-state index is -0.0612. The van der Waals surface area contributed by atoms with Gasteiger partial charge in [-0.15, -0.1) is 0 Å². The number of H-pyrrole nitrogens is 1. The summed E-state index contributed by atoms with van der Waals surface area (Å²) in [6.07, 6.45) is 4.76. The molecule has 1 amide bonds. The number of carbonyl (C=O) groups excluding carboxylic acids is 1. The fourth-order valence-electron chi connectivity index (χ4n) is 2.55. The van der Waals surface area contributed by atoms with E-state index in [1.54, 1.807) is 19.4 Å². The second-order valence-electron chi connectivity index (χ2n) is 6.18. The molecule has 0 radical (unpaired) electrons. The molecule has 0 aromatic carbocycles. The molecular formula is C18H28N6O2. The number of hydrogen-bond acceptors (Lipinski definition) is 6. The van der Waals surface area contributed by atoms with Crippen molar-refractivity contribution in [2.75, 3.05) is 46.2 Å². The first-order valence-electron chi connectivity index (χ1n) is 8.75. The molecule has 8 heteroatoms. The van der Waals surface area contributed by atoms with E-state index in [1.165, 1.54) is 0 Å². The van der Waals surface area contributed by atoms with Crippen molar-refractivity contribution in [2.45, 2.75) is 19.4 Å². The highest BCUT2D eigenvalue weighted by molar-refractivity contribution is 5.89. The number of rotatable bonds is 11. The third kappa shape index (κ3) is 6.21. The molecule has 2 rings (SSSR count). The van der Waals surface area contributed by atoms with Crippen LogP contribution in [0.5, 0.6) is 0 Å². The highest BCUT2D eigenvalue weighted by Crippen LogP contribution is 2.22. The van der Waals surface area contributed by atoms with Crippen molar-refractivity contribution in [1.82, 2.24) is 25.4 Å². The van der Waals surface area contributed by atoms with Crippen LogP contribution in [0.1, 0.15) is 18.4 Å². The monoisotopic (exact) mass is 360 g/mol. The van der Waals surface area contributed by atoms with Crippen LogP contribution in [-0.2, 0) is 16.1 Å². The molecule has 0 aliphatic rings. The largest absolute Gasteiger partial charge is 0.385 e. The first kappa shape index (κ1) is 20.0. The van der Waals surface area contributed by atoms with Gasteiger partial charge in [0, 0.05) is 63.3 Å². The smallest absolute Gasteiger partial charge is 0.225 e. The first-order valence-corrected chi connectivity index (χ1v) is 8.75. The normalized spacial score (nSPS) is 11.1. The Hall–Kier alpha value is -2.29. The zero-order valence-electron chi connectivity index (χ0n) is 15.7. The van der Waals surface area contributed by atoms with Crippen molar-refractivity contribution in [3.63, 3.8) is 0 Å². The molecule has 0 atom stereocenters. The van der Waals surface area contributed by atoms with Crippen LogP contribution in [0.15, 0.2) is 24.5 Å². The summed E-state index contributed by atoms with van der Waals surface area (Å²) in [5, 5.41) is 13.2. The zero-order chi connectivity index (χ0) is 18.8. The Morgan fingerprint density at radius 3 is 2.92 bits per heavy atom. The van der Waals surface area contributed by atoms with Crippen LogP contribution in [0.25, 0.3) is 11.3 Å². The van der Waals surface area contributed by atoms with Gasteiger partial charge in [-0.2, -0.15) is 5.10 Å². The van der Waals surface area contributed by atoms with Gasteiger partial charge >= 0.3 is 0 Å². The van der Waals surface area contributed by atoms with E-state index in [2.05, 4.69) is 37.8 Å². The molecule has 0 saturated heterocycles. The molecular weight excluding hydrogens is 332 g/mol.